The quantitative estimate of drug-likeness (QED) is 0.772. The van der Waals surface area contributed by atoms with Gasteiger partial charge in [-0.2, -0.15) is 0 Å². The van der Waals surface area contributed by atoms with Crippen molar-refractivity contribution in [2.75, 3.05) is 0 Å². The predicted octanol–water partition coefficient (Wildman–Crippen LogP) is 2.71. The number of carbonyl (C=O) groups is 1. The number of imidazole rings is 1. The molecule has 2 N–H and O–H groups in total. The van der Waals surface area contributed by atoms with Gasteiger partial charge in [-0.05, 0) is 42.8 Å². The molecule has 2 aliphatic rings. The average molecular weight is 338 g/mol. The summed E-state index contributed by atoms with van der Waals surface area (Å²) < 4.78 is 3.11. The number of rotatable bonds is 3. The summed E-state index contributed by atoms with van der Waals surface area (Å²) in [6.07, 6.45) is 8.97. The maximum absolute atomic E-state index is 12.6. The number of amides is 1. The Bertz CT molecular complexity index is 901. The zero-order chi connectivity index (χ0) is 16.1. The molecular formula is C18H18N4OS. The van der Waals surface area contributed by atoms with Crippen molar-refractivity contribution in [3.63, 3.8) is 0 Å². The summed E-state index contributed by atoms with van der Waals surface area (Å²) in [7, 11) is 0. The molecule has 4 heterocycles. The summed E-state index contributed by atoms with van der Waals surface area (Å²) in [5, 5.41) is 9.04. The molecule has 0 unspecified atom stereocenters. The zero-order valence-electron chi connectivity index (χ0n) is 13.1. The molecule has 3 aromatic rings. The van der Waals surface area contributed by atoms with E-state index in [0.29, 0.717) is 12.1 Å². The second-order valence-corrected chi connectivity index (χ2v) is 7.73. The maximum atomic E-state index is 12.6. The van der Waals surface area contributed by atoms with Gasteiger partial charge < -0.3 is 10.6 Å². The van der Waals surface area contributed by atoms with E-state index in [1.807, 2.05) is 29.0 Å². The third-order valence-corrected chi connectivity index (χ3v) is 6.26. The highest BCUT2D eigenvalue weighted by atomic mass is 32.1. The van der Waals surface area contributed by atoms with Gasteiger partial charge in [0, 0.05) is 40.8 Å². The van der Waals surface area contributed by atoms with Gasteiger partial charge in [-0.25, -0.2) is 4.98 Å². The number of carbonyl (C=O) groups excluding carboxylic acids is 1. The third kappa shape index (κ3) is 2.34. The van der Waals surface area contributed by atoms with Gasteiger partial charge in [-0.1, -0.05) is 6.07 Å². The molecular weight excluding hydrogens is 320 g/mol. The summed E-state index contributed by atoms with van der Waals surface area (Å²) in [5.74, 6) is 0.0360. The highest BCUT2D eigenvalue weighted by molar-refractivity contribution is 7.21. The van der Waals surface area contributed by atoms with Crippen molar-refractivity contribution in [2.24, 2.45) is 0 Å². The molecule has 3 atom stereocenters. The van der Waals surface area contributed by atoms with E-state index in [4.69, 9.17) is 0 Å². The molecule has 5 rings (SSSR count). The van der Waals surface area contributed by atoms with Gasteiger partial charge in [0.15, 0.2) is 0 Å². The molecule has 0 radical (unpaired) electrons. The monoisotopic (exact) mass is 338 g/mol. The van der Waals surface area contributed by atoms with Crippen LogP contribution in [0.5, 0.6) is 0 Å². The van der Waals surface area contributed by atoms with Crippen molar-refractivity contribution in [3.8, 4) is 5.00 Å². The standard InChI is InChI=1S/C18H18N4OS/c23-18(21-15-9-13-3-4-14(15)20-13)12-2-1-11-8-17(24-16(11)7-12)22-6-5-19-10-22/h1-2,5-8,10,13-15,20H,3-4,9H2,(H,21,23)/t13-,14+,15-/m1/s1. The molecule has 2 saturated heterocycles. The van der Waals surface area contributed by atoms with E-state index < -0.39 is 0 Å². The fourth-order valence-corrected chi connectivity index (χ4v) is 4.97. The van der Waals surface area contributed by atoms with Crippen LogP contribution in [-0.2, 0) is 0 Å². The molecule has 0 aliphatic carbocycles. The Morgan fingerprint density at radius 2 is 2.29 bits per heavy atom. The fraction of sp³-hybridized carbons (Fsp3) is 0.333. The van der Waals surface area contributed by atoms with E-state index >= 15 is 0 Å². The van der Waals surface area contributed by atoms with Gasteiger partial charge in [0.2, 0.25) is 0 Å². The molecule has 2 fully saturated rings. The molecule has 2 bridgehead atoms. The van der Waals surface area contributed by atoms with Crippen LogP contribution in [0.25, 0.3) is 15.1 Å². The van der Waals surface area contributed by atoms with E-state index in [-0.39, 0.29) is 11.9 Å². The molecule has 5 nitrogen and oxygen atoms in total. The van der Waals surface area contributed by atoms with Gasteiger partial charge >= 0.3 is 0 Å². The number of hydrogen-bond donors (Lipinski definition) is 2. The molecule has 24 heavy (non-hydrogen) atoms. The predicted molar refractivity (Wildman–Crippen MR) is 94.8 cm³/mol. The average Bonchev–Trinajstić information content (AvgIpc) is 3.35. The van der Waals surface area contributed by atoms with Gasteiger partial charge in [-0.3, -0.25) is 9.36 Å². The van der Waals surface area contributed by atoms with Crippen molar-refractivity contribution in [2.45, 2.75) is 37.4 Å². The number of hydrogen-bond acceptors (Lipinski definition) is 4. The van der Waals surface area contributed by atoms with Crippen LogP contribution < -0.4 is 10.6 Å². The summed E-state index contributed by atoms with van der Waals surface area (Å²) in [4.78, 5) is 16.7. The third-order valence-electron chi connectivity index (χ3n) is 5.14. The summed E-state index contributed by atoms with van der Waals surface area (Å²) in [6, 6.07) is 9.40. The lowest BCUT2D eigenvalue weighted by Gasteiger charge is -2.21. The number of nitrogens with zero attached hydrogens (tertiary/aromatic N) is 2. The largest absolute Gasteiger partial charge is 0.348 e. The van der Waals surface area contributed by atoms with Crippen LogP contribution in [0.15, 0.2) is 43.0 Å². The van der Waals surface area contributed by atoms with Crippen molar-refractivity contribution >= 4 is 27.3 Å². The van der Waals surface area contributed by atoms with Crippen LogP contribution in [0.2, 0.25) is 0 Å². The van der Waals surface area contributed by atoms with E-state index in [9.17, 15) is 4.79 Å². The zero-order valence-corrected chi connectivity index (χ0v) is 13.9. The first-order valence-electron chi connectivity index (χ1n) is 8.35. The summed E-state index contributed by atoms with van der Waals surface area (Å²) in [5.41, 5.74) is 0.740. The minimum absolute atomic E-state index is 0.0360. The Balaban J connectivity index is 1.39. The first kappa shape index (κ1) is 14.2. The molecule has 1 amide bonds. The normalized spacial score (nSPS) is 25.4. The van der Waals surface area contributed by atoms with E-state index in [2.05, 4.69) is 21.7 Å². The van der Waals surface area contributed by atoms with Crippen LogP contribution in [0.1, 0.15) is 29.6 Å². The van der Waals surface area contributed by atoms with E-state index in [1.165, 1.54) is 12.8 Å². The lowest BCUT2D eigenvalue weighted by atomic mass is 9.95. The van der Waals surface area contributed by atoms with Crippen molar-refractivity contribution in [1.82, 2.24) is 20.2 Å². The van der Waals surface area contributed by atoms with Gasteiger partial charge in [0.1, 0.15) is 5.00 Å². The number of aromatic nitrogens is 2. The highest BCUT2D eigenvalue weighted by Gasteiger charge is 2.39. The van der Waals surface area contributed by atoms with E-state index in [0.717, 1.165) is 27.1 Å². The van der Waals surface area contributed by atoms with Crippen LogP contribution in [0, 0.1) is 0 Å². The molecule has 0 saturated carbocycles. The molecule has 6 heteroatoms. The highest BCUT2D eigenvalue weighted by Crippen LogP contribution is 2.30. The second kappa shape index (κ2) is 5.43. The van der Waals surface area contributed by atoms with Crippen molar-refractivity contribution in [3.05, 3.63) is 48.5 Å². The summed E-state index contributed by atoms with van der Waals surface area (Å²) in [6.45, 7) is 0. The van der Waals surface area contributed by atoms with Crippen LogP contribution >= 0.6 is 11.3 Å². The van der Waals surface area contributed by atoms with Gasteiger partial charge in [0.25, 0.3) is 5.91 Å². The SMILES string of the molecule is O=C(N[C@@H]1C[C@H]2CC[C@@H]1N2)c1ccc2cc(-n3ccnc3)sc2c1. The van der Waals surface area contributed by atoms with Crippen LogP contribution in [-0.4, -0.2) is 33.6 Å². The summed E-state index contributed by atoms with van der Waals surface area (Å²) >= 11 is 1.67. The number of benzene rings is 1. The first-order chi connectivity index (χ1) is 11.8. The minimum atomic E-state index is 0.0360. The first-order valence-corrected chi connectivity index (χ1v) is 9.17. The topological polar surface area (TPSA) is 59.0 Å². The lowest BCUT2D eigenvalue weighted by molar-refractivity contribution is 0.0931. The molecule has 2 aliphatic heterocycles. The fourth-order valence-electron chi connectivity index (χ4n) is 3.91. The van der Waals surface area contributed by atoms with Crippen molar-refractivity contribution < 1.29 is 4.79 Å². The minimum Gasteiger partial charge on any atom is -0.348 e. The van der Waals surface area contributed by atoms with Crippen molar-refractivity contribution in [1.29, 1.82) is 0 Å². The molecule has 0 spiro atoms. The number of nitrogens with one attached hydrogen (secondary N) is 2. The Morgan fingerprint density at radius 1 is 1.33 bits per heavy atom. The molecule has 122 valence electrons. The Labute approximate surface area is 143 Å². The van der Waals surface area contributed by atoms with Gasteiger partial charge in [0.05, 0.1) is 6.33 Å². The number of fused-ring (bicyclic) bond motifs is 3. The van der Waals surface area contributed by atoms with Gasteiger partial charge in [-0.15, -0.1) is 11.3 Å². The molecule has 1 aromatic carbocycles. The molecule has 2 aromatic heterocycles. The Morgan fingerprint density at radius 3 is 3.04 bits per heavy atom. The Hall–Kier alpha value is -2.18. The Kier molecular flexibility index (Phi) is 3.21. The maximum Gasteiger partial charge on any atom is 0.251 e. The number of thiophene rings is 1. The smallest absolute Gasteiger partial charge is 0.251 e. The lowest BCUT2D eigenvalue weighted by Crippen LogP contribution is -2.42. The van der Waals surface area contributed by atoms with Crippen LogP contribution in [0.3, 0.4) is 0 Å². The van der Waals surface area contributed by atoms with Crippen LogP contribution in [0.4, 0.5) is 0 Å². The van der Waals surface area contributed by atoms with E-state index in [1.54, 1.807) is 23.9 Å². The second-order valence-electron chi connectivity index (χ2n) is 6.67.